The molecule has 0 amide bonds. The first-order chi connectivity index (χ1) is 6.25. The topological polar surface area (TPSA) is 91.0 Å². The maximum atomic E-state index is 11.3. The van der Waals surface area contributed by atoms with Crippen LogP contribution >= 0.6 is 14.8 Å². The summed E-state index contributed by atoms with van der Waals surface area (Å²) in [5, 5.41) is 2.63. The van der Waals surface area contributed by atoms with Gasteiger partial charge >= 0.3 is 5.69 Å². The summed E-state index contributed by atoms with van der Waals surface area (Å²) in [4.78, 5) is 22.4. The van der Waals surface area contributed by atoms with E-state index in [1.54, 1.807) is 0 Å². The van der Waals surface area contributed by atoms with Gasteiger partial charge in [0.25, 0.3) is 18.9 Å². The molecule has 0 saturated heterocycles. The van der Waals surface area contributed by atoms with E-state index in [0.717, 1.165) is 4.68 Å². The molecule has 0 atom stereocenters. The molecule has 9 heteroatoms. The highest BCUT2D eigenvalue weighted by molar-refractivity contribution is 9.47. The fourth-order valence-electron chi connectivity index (χ4n) is 0.822. The number of nitrogens with zero attached hydrogens (tertiary/aromatic N) is 3. The molecule has 1 aromatic heterocycles. The third-order valence-corrected chi connectivity index (χ3v) is 3.16. The highest BCUT2D eigenvalue weighted by atomic mass is 79.9. The summed E-state index contributed by atoms with van der Waals surface area (Å²) in [6.07, 6.45) is 0. The lowest BCUT2D eigenvalue weighted by molar-refractivity contribution is 0.542. The molecule has 7 nitrogen and oxygen atoms in total. The molecule has 78 valence electrons. The number of hydrogen-bond donors (Lipinski definition) is 0. The zero-order valence-corrected chi connectivity index (χ0v) is 9.66. The van der Waals surface area contributed by atoms with Crippen molar-refractivity contribution < 1.29 is 8.42 Å². The standard InChI is InChI=1S/C5H6BrN3O4S/c1-8-4(10)3(14(6,12)13)7-9(2)5(8)11/h1-2H3. The minimum Gasteiger partial charge on any atom is -0.266 e. The third-order valence-electron chi connectivity index (χ3n) is 1.52. The van der Waals surface area contributed by atoms with Crippen molar-refractivity contribution in [2.45, 2.75) is 5.03 Å². The largest absolute Gasteiger partial charge is 0.346 e. The summed E-state index contributed by atoms with van der Waals surface area (Å²) in [5.41, 5.74) is -1.64. The van der Waals surface area contributed by atoms with Gasteiger partial charge in [-0.15, -0.1) is 5.10 Å². The van der Waals surface area contributed by atoms with Crippen LogP contribution < -0.4 is 11.2 Å². The van der Waals surface area contributed by atoms with E-state index in [-0.39, 0.29) is 0 Å². The van der Waals surface area contributed by atoms with Crippen molar-refractivity contribution in [1.29, 1.82) is 0 Å². The second-order valence-electron chi connectivity index (χ2n) is 2.51. The van der Waals surface area contributed by atoms with E-state index < -0.39 is 24.5 Å². The average molecular weight is 284 g/mol. The number of aryl methyl sites for hydroxylation is 1. The highest BCUT2D eigenvalue weighted by Crippen LogP contribution is 2.07. The maximum Gasteiger partial charge on any atom is 0.346 e. The number of hydrogen-bond acceptors (Lipinski definition) is 5. The van der Waals surface area contributed by atoms with Gasteiger partial charge in [0.15, 0.2) is 0 Å². The van der Waals surface area contributed by atoms with E-state index in [1.807, 2.05) is 0 Å². The summed E-state index contributed by atoms with van der Waals surface area (Å²) in [5.74, 6) is 0. The van der Waals surface area contributed by atoms with Crippen LogP contribution in [-0.2, 0) is 22.4 Å². The molecule has 1 rings (SSSR count). The van der Waals surface area contributed by atoms with Crippen LogP contribution in [0.15, 0.2) is 14.6 Å². The Morgan fingerprint density at radius 3 is 2.21 bits per heavy atom. The van der Waals surface area contributed by atoms with Crippen LogP contribution in [-0.4, -0.2) is 22.8 Å². The first kappa shape index (κ1) is 11.1. The van der Waals surface area contributed by atoms with Crippen molar-refractivity contribution in [3.8, 4) is 0 Å². The van der Waals surface area contributed by atoms with Crippen molar-refractivity contribution in [3.05, 3.63) is 20.8 Å². The van der Waals surface area contributed by atoms with Gasteiger partial charge in [0.05, 0.1) is 14.8 Å². The van der Waals surface area contributed by atoms with E-state index in [2.05, 4.69) is 19.9 Å². The summed E-state index contributed by atoms with van der Waals surface area (Å²) in [7, 11) is -1.46. The second kappa shape index (κ2) is 3.31. The van der Waals surface area contributed by atoms with Crippen molar-refractivity contribution in [2.75, 3.05) is 0 Å². The predicted octanol–water partition coefficient (Wildman–Crippen LogP) is -1.44. The SMILES string of the molecule is Cn1nc(S(=O)(=O)Br)c(=O)n(C)c1=O. The molecule has 0 radical (unpaired) electrons. The molecular weight excluding hydrogens is 278 g/mol. The van der Waals surface area contributed by atoms with Crippen molar-refractivity contribution in [3.63, 3.8) is 0 Å². The van der Waals surface area contributed by atoms with Crippen LogP contribution in [0.5, 0.6) is 0 Å². The zero-order chi connectivity index (χ0) is 11.1. The Bertz CT molecular complexity index is 584. The lowest BCUT2D eigenvalue weighted by Gasteiger charge is -2.01. The van der Waals surface area contributed by atoms with Crippen LogP contribution in [0, 0.1) is 0 Å². The number of aromatic nitrogens is 3. The monoisotopic (exact) mass is 283 g/mol. The summed E-state index contributed by atoms with van der Waals surface area (Å²) >= 11 is 2.31. The molecule has 0 unspecified atom stereocenters. The lowest BCUT2D eigenvalue weighted by Crippen LogP contribution is -2.40. The summed E-state index contributed by atoms with van der Waals surface area (Å²) in [6.45, 7) is 0. The van der Waals surface area contributed by atoms with Gasteiger partial charge in [-0.1, -0.05) is 0 Å². The molecule has 0 saturated carbocycles. The van der Waals surface area contributed by atoms with Crippen LogP contribution in [0.4, 0.5) is 0 Å². The Hall–Kier alpha value is -0.960. The van der Waals surface area contributed by atoms with Gasteiger partial charge in [-0.25, -0.2) is 17.9 Å². The molecule has 0 aromatic carbocycles. The van der Waals surface area contributed by atoms with Crippen LogP contribution in [0.25, 0.3) is 0 Å². The Morgan fingerprint density at radius 2 is 1.79 bits per heavy atom. The van der Waals surface area contributed by atoms with Gasteiger partial charge in [-0.3, -0.25) is 9.36 Å². The van der Waals surface area contributed by atoms with Crippen molar-refractivity contribution in [1.82, 2.24) is 14.3 Å². The first-order valence-electron chi connectivity index (χ1n) is 3.34. The molecule has 0 aliphatic heterocycles. The minimum atomic E-state index is -3.89. The fraction of sp³-hybridized carbons (Fsp3) is 0.400. The van der Waals surface area contributed by atoms with Crippen LogP contribution in [0.3, 0.4) is 0 Å². The molecule has 0 aliphatic rings. The molecule has 0 spiro atoms. The van der Waals surface area contributed by atoms with Crippen molar-refractivity contribution in [2.24, 2.45) is 14.1 Å². The fourth-order valence-corrected chi connectivity index (χ4v) is 2.00. The van der Waals surface area contributed by atoms with Gasteiger partial charge in [-0.2, -0.15) is 0 Å². The molecular formula is C5H6BrN3O4S. The summed E-state index contributed by atoms with van der Waals surface area (Å²) in [6, 6.07) is 0. The Kier molecular flexibility index (Phi) is 2.63. The van der Waals surface area contributed by atoms with E-state index in [9.17, 15) is 18.0 Å². The van der Waals surface area contributed by atoms with Gasteiger partial charge in [0, 0.05) is 14.1 Å². The molecule has 0 aliphatic carbocycles. The van der Waals surface area contributed by atoms with Gasteiger partial charge in [0.1, 0.15) is 0 Å². The molecule has 0 bridgehead atoms. The first-order valence-corrected chi connectivity index (χ1v) is 6.66. The van der Waals surface area contributed by atoms with E-state index >= 15 is 0 Å². The van der Waals surface area contributed by atoms with Crippen LogP contribution in [0.2, 0.25) is 0 Å². The Labute approximate surface area is 86.1 Å². The van der Waals surface area contributed by atoms with Crippen LogP contribution in [0.1, 0.15) is 0 Å². The van der Waals surface area contributed by atoms with Crippen molar-refractivity contribution >= 4 is 23.1 Å². The summed E-state index contributed by atoms with van der Waals surface area (Å²) < 4.78 is 23.4. The molecule has 14 heavy (non-hydrogen) atoms. The predicted molar refractivity (Wildman–Crippen MR) is 50.8 cm³/mol. The lowest BCUT2D eigenvalue weighted by atomic mass is 10.8. The van der Waals surface area contributed by atoms with Gasteiger partial charge < -0.3 is 0 Å². The van der Waals surface area contributed by atoms with Gasteiger partial charge in [-0.05, 0) is 0 Å². The minimum absolute atomic E-state index is 0.668. The van der Waals surface area contributed by atoms with E-state index in [4.69, 9.17) is 0 Å². The van der Waals surface area contributed by atoms with E-state index in [0.29, 0.717) is 4.57 Å². The molecule has 1 heterocycles. The smallest absolute Gasteiger partial charge is 0.266 e. The highest BCUT2D eigenvalue weighted by Gasteiger charge is 2.19. The second-order valence-corrected chi connectivity index (χ2v) is 6.33. The van der Waals surface area contributed by atoms with Gasteiger partial charge in [0.2, 0.25) is 0 Å². The van der Waals surface area contributed by atoms with E-state index in [1.165, 1.54) is 14.1 Å². The Balaban J connectivity index is 3.85. The number of halogens is 1. The Morgan fingerprint density at radius 1 is 1.29 bits per heavy atom. The maximum absolute atomic E-state index is 11.3. The third kappa shape index (κ3) is 1.77. The molecule has 0 fully saturated rings. The quantitative estimate of drug-likeness (QED) is 0.589. The molecule has 1 aromatic rings. The molecule has 0 N–H and O–H groups in total. The normalized spacial score (nSPS) is 11.6. The number of rotatable bonds is 1. The average Bonchev–Trinajstić information content (AvgIpc) is 2.06. The zero-order valence-electron chi connectivity index (χ0n) is 7.26.